The molecule has 7 nitrogen and oxygen atoms in total. The van der Waals surface area contributed by atoms with E-state index in [1.54, 1.807) is 0 Å². The SMILES string of the molecule is CCCCn1c(N)c(N(C)C(=O)CC(C)C)c(=O)[nH]c1=O. The fourth-order valence-corrected chi connectivity index (χ4v) is 2.05. The van der Waals surface area contributed by atoms with Gasteiger partial charge in [0.1, 0.15) is 5.82 Å². The van der Waals surface area contributed by atoms with Crippen LogP contribution in [-0.2, 0) is 11.3 Å². The van der Waals surface area contributed by atoms with Crippen molar-refractivity contribution in [3.05, 3.63) is 20.8 Å². The molecule has 1 aromatic rings. The maximum absolute atomic E-state index is 12.1. The molecule has 0 unspecified atom stereocenters. The largest absolute Gasteiger partial charge is 0.383 e. The van der Waals surface area contributed by atoms with Gasteiger partial charge in [-0.2, -0.15) is 0 Å². The van der Waals surface area contributed by atoms with Crippen molar-refractivity contribution in [2.45, 2.75) is 46.6 Å². The summed E-state index contributed by atoms with van der Waals surface area (Å²) < 4.78 is 1.30. The first-order valence-corrected chi connectivity index (χ1v) is 7.18. The van der Waals surface area contributed by atoms with Gasteiger partial charge < -0.3 is 10.6 Å². The van der Waals surface area contributed by atoms with Crippen molar-refractivity contribution in [1.82, 2.24) is 9.55 Å². The Labute approximate surface area is 123 Å². The molecule has 0 spiro atoms. The fraction of sp³-hybridized carbons (Fsp3) is 0.643. The zero-order valence-corrected chi connectivity index (χ0v) is 13.1. The monoisotopic (exact) mass is 296 g/mol. The van der Waals surface area contributed by atoms with E-state index in [1.165, 1.54) is 16.5 Å². The molecule has 7 heteroatoms. The number of aromatic nitrogens is 2. The van der Waals surface area contributed by atoms with E-state index in [0.29, 0.717) is 13.0 Å². The van der Waals surface area contributed by atoms with Crippen LogP contribution in [0.2, 0.25) is 0 Å². The Kier molecular flexibility index (Phi) is 5.75. The first-order valence-electron chi connectivity index (χ1n) is 7.18. The number of carbonyl (C=O) groups is 1. The van der Waals surface area contributed by atoms with E-state index in [4.69, 9.17) is 5.73 Å². The number of nitrogens with one attached hydrogen (secondary N) is 1. The van der Waals surface area contributed by atoms with E-state index in [9.17, 15) is 14.4 Å². The minimum Gasteiger partial charge on any atom is -0.383 e. The Bertz CT molecular complexity index is 616. The zero-order chi connectivity index (χ0) is 16.2. The van der Waals surface area contributed by atoms with Gasteiger partial charge in [0.15, 0.2) is 5.69 Å². The van der Waals surface area contributed by atoms with Crippen LogP contribution in [0.4, 0.5) is 11.5 Å². The van der Waals surface area contributed by atoms with Crippen molar-refractivity contribution >= 4 is 17.4 Å². The van der Waals surface area contributed by atoms with Gasteiger partial charge in [0.2, 0.25) is 5.91 Å². The minimum absolute atomic E-state index is 0.0383. The first-order chi connectivity index (χ1) is 9.79. The molecule has 0 aromatic carbocycles. The van der Waals surface area contributed by atoms with E-state index in [2.05, 4.69) is 4.98 Å². The van der Waals surface area contributed by atoms with Crippen molar-refractivity contribution in [1.29, 1.82) is 0 Å². The number of aromatic amines is 1. The minimum atomic E-state index is -0.634. The van der Waals surface area contributed by atoms with Crippen molar-refractivity contribution in [3.8, 4) is 0 Å². The highest BCUT2D eigenvalue weighted by atomic mass is 16.2. The molecule has 1 aromatic heterocycles. The summed E-state index contributed by atoms with van der Waals surface area (Å²) in [5.41, 5.74) is 4.81. The highest BCUT2D eigenvalue weighted by molar-refractivity contribution is 5.95. The highest BCUT2D eigenvalue weighted by Crippen LogP contribution is 2.17. The molecule has 21 heavy (non-hydrogen) atoms. The van der Waals surface area contributed by atoms with Crippen LogP contribution in [0, 0.1) is 5.92 Å². The van der Waals surface area contributed by atoms with Crippen LogP contribution in [0.25, 0.3) is 0 Å². The Morgan fingerprint density at radius 2 is 2.00 bits per heavy atom. The van der Waals surface area contributed by atoms with E-state index >= 15 is 0 Å². The Morgan fingerprint density at radius 1 is 1.38 bits per heavy atom. The molecule has 118 valence electrons. The van der Waals surface area contributed by atoms with E-state index < -0.39 is 11.2 Å². The molecule has 0 atom stereocenters. The predicted molar refractivity (Wildman–Crippen MR) is 83.5 cm³/mol. The van der Waals surface area contributed by atoms with Gasteiger partial charge >= 0.3 is 5.69 Å². The summed E-state index contributed by atoms with van der Waals surface area (Å²) in [6.07, 6.45) is 1.96. The number of nitrogens with zero attached hydrogens (tertiary/aromatic N) is 2. The lowest BCUT2D eigenvalue weighted by molar-refractivity contribution is -0.119. The van der Waals surface area contributed by atoms with E-state index in [1.807, 2.05) is 20.8 Å². The third-order valence-electron chi connectivity index (χ3n) is 3.24. The molecule has 3 N–H and O–H groups in total. The summed E-state index contributed by atoms with van der Waals surface area (Å²) >= 11 is 0. The van der Waals surface area contributed by atoms with E-state index in [-0.39, 0.29) is 23.3 Å². The maximum atomic E-state index is 12.1. The lowest BCUT2D eigenvalue weighted by Crippen LogP contribution is -2.39. The third-order valence-corrected chi connectivity index (χ3v) is 3.24. The molecule has 0 saturated carbocycles. The molecule has 1 heterocycles. The molecular weight excluding hydrogens is 272 g/mol. The number of unbranched alkanes of at least 4 members (excludes halogenated alkanes) is 1. The number of hydrogen-bond acceptors (Lipinski definition) is 4. The van der Waals surface area contributed by atoms with Crippen LogP contribution >= 0.6 is 0 Å². The molecule has 0 bridgehead atoms. The molecule has 0 saturated heterocycles. The van der Waals surface area contributed by atoms with E-state index in [0.717, 1.165) is 12.8 Å². The van der Waals surface area contributed by atoms with Crippen LogP contribution in [0.1, 0.15) is 40.0 Å². The quantitative estimate of drug-likeness (QED) is 0.815. The standard InChI is InChI=1S/C14H24N4O3/c1-5-6-7-18-12(15)11(13(20)16-14(18)21)17(4)10(19)8-9(2)3/h9H,5-8,15H2,1-4H3,(H,16,20,21). The van der Waals surface area contributed by atoms with Crippen LogP contribution in [0.15, 0.2) is 9.59 Å². The van der Waals surface area contributed by atoms with Crippen molar-refractivity contribution in [2.75, 3.05) is 17.7 Å². The molecule has 0 fully saturated rings. The van der Waals surface area contributed by atoms with Gasteiger partial charge in [-0.1, -0.05) is 27.2 Å². The number of anilines is 2. The van der Waals surface area contributed by atoms with Crippen LogP contribution in [0.3, 0.4) is 0 Å². The number of nitrogen functional groups attached to an aromatic ring is 1. The van der Waals surface area contributed by atoms with Gasteiger partial charge in [-0.15, -0.1) is 0 Å². The summed E-state index contributed by atoms with van der Waals surface area (Å²) in [6.45, 7) is 6.24. The van der Waals surface area contributed by atoms with Crippen molar-refractivity contribution in [2.24, 2.45) is 5.92 Å². The maximum Gasteiger partial charge on any atom is 0.330 e. The Morgan fingerprint density at radius 3 is 2.52 bits per heavy atom. The summed E-state index contributed by atoms with van der Waals surface area (Å²) in [5.74, 6) is 0.00551. The average molecular weight is 296 g/mol. The number of amides is 1. The average Bonchev–Trinajstić information content (AvgIpc) is 2.37. The summed E-state index contributed by atoms with van der Waals surface area (Å²) in [5, 5.41) is 0. The zero-order valence-electron chi connectivity index (χ0n) is 13.1. The van der Waals surface area contributed by atoms with Crippen LogP contribution in [0.5, 0.6) is 0 Å². The molecule has 0 aliphatic carbocycles. The first kappa shape index (κ1) is 17.0. The number of H-pyrrole nitrogens is 1. The van der Waals surface area contributed by atoms with Crippen molar-refractivity contribution in [3.63, 3.8) is 0 Å². The van der Waals surface area contributed by atoms with Crippen LogP contribution < -0.4 is 21.9 Å². The van der Waals surface area contributed by atoms with Gasteiger partial charge in [-0.05, 0) is 12.3 Å². The van der Waals surface area contributed by atoms with Gasteiger partial charge in [-0.3, -0.25) is 19.1 Å². The summed E-state index contributed by atoms with van der Waals surface area (Å²) in [7, 11) is 1.50. The van der Waals surface area contributed by atoms with Crippen molar-refractivity contribution < 1.29 is 4.79 Å². The van der Waals surface area contributed by atoms with Gasteiger partial charge in [0, 0.05) is 20.0 Å². The number of rotatable bonds is 6. The number of hydrogen-bond donors (Lipinski definition) is 2. The van der Waals surface area contributed by atoms with Gasteiger partial charge in [0.25, 0.3) is 5.56 Å². The third kappa shape index (κ3) is 3.96. The van der Waals surface area contributed by atoms with Gasteiger partial charge in [-0.25, -0.2) is 4.79 Å². The molecule has 0 radical (unpaired) electrons. The number of nitrogens with two attached hydrogens (primary N) is 1. The second-order valence-corrected chi connectivity index (χ2v) is 5.55. The Hall–Kier alpha value is -2.05. The topological polar surface area (TPSA) is 101 Å². The molecule has 0 aliphatic heterocycles. The smallest absolute Gasteiger partial charge is 0.330 e. The summed E-state index contributed by atoms with van der Waals surface area (Å²) in [4.78, 5) is 39.3. The van der Waals surface area contributed by atoms with Gasteiger partial charge in [0.05, 0.1) is 0 Å². The molecule has 0 aliphatic rings. The number of carbonyl (C=O) groups excluding carboxylic acids is 1. The molecule has 1 rings (SSSR count). The fourth-order valence-electron chi connectivity index (χ4n) is 2.05. The lowest BCUT2D eigenvalue weighted by Gasteiger charge is -2.21. The second-order valence-electron chi connectivity index (χ2n) is 5.55. The van der Waals surface area contributed by atoms with Crippen LogP contribution in [-0.4, -0.2) is 22.5 Å². The lowest BCUT2D eigenvalue weighted by atomic mass is 10.1. The normalized spacial score (nSPS) is 10.9. The molecule has 1 amide bonds. The highest BCUT2D eigenvalue weighted by Gasteiger charge is 2.21. The predicted octanol–water partition coefficient (Wildman–Crippen LogP) is 0.928. The summed E-state index contributed by atoms with van der Waals surface area (Å²) in [6, 6.07) is 0. The Balaban J connectivity index is 3.26. The second kappa shape index (κ2) is 7.10. The molecular formula is C14H24N4O3.